The maximum absolute atomic E-state index is 10.4. The fraction of sp³-hybridized carbons (Fsp3) is 0. The summed E-state index contributed by atoms with van der Waals surface area (Å²) in [6.07, 6.45) is 0.833. The van der Waals surface area contributed by atoms with Crippen molar-refractivity contribution in [3.63, 3.8) is 0 Å². The van der Waals surface area contributed by atoms with Crippen LogP contribution in [0.2, 0.25) is 0 Å². The molecule has 0 fully saturated rings. The largest absolute Gasteiger partial charge is 0.298 e. The molecule has 0 saturated heterocycles. The highest BCUT2D eigenvalue weighted by Gasteiger charge is 2.05. The molecular weight excluding hydrogens is 252 g/mol. The van der Waals surface area contributed by atoms with E-state index in [1.54, 1.807) is 30.3 Å². The summed E-state index contributed by atoms with van der Waals surface area (Å²) in [5.41, 5.74) is 0.729. The molecule has 1 N–H and O–H groups in total. The minimum atomic E-state index is -4.00. The summed E-state index contributed by atoms with van der Waals surface area (Å²) >= 11 is 0. The van der Waals surface area contributed by atoms with Crippen molar-refractivity contribution in [3.8, 4) is 0 Å². The number of carbonyl (C=O) groups excluding carboxylic acids is 1. The molecule has 0 heterocycles. The fourth-order valence-corrected chi connectivity index (χ4v) is 1.63. The van der Waals surface area contributed by atoms with Crippen molar-refractivity contribution in [2.24, 2.45) is 0 Å². The number of carbonyl (C=O) groups is 1. The van der Waals surface area contributed by atoms with Gasteiger partial charge in [-0.1, -0.05) is 48.5 Å². The van der Waals surface area contributed by atoms with Crippen LogP contribution in [-0.4, -0.2) is 19.3 Å². The standard InChI is InChI=1S/C7H6O.C6H6O3S/c8-6-7-4-2-1-3-5-7;7-10(8,9)6-4-2-1-3-5-6/h1-6H;1-5H,(H,7,8,9). The second-order valence-corrected chi connectivity index (χ2v) is 4.74. The molecule has 0 amide bonds. The number of hydrogen-bond donors (Lipinski definition) is 1. The van der Waals surface area contributed by atoms with E-state index in [1.807, 2.05) is 18.2 Å². The summed E-state index contributed by atoms with van der Waals surface area (Å²) in [5.74, 6) is 0. The van der Waals surface area contributed by atoms with Crippen molar-refractivity contribution in [2.75, 3.05) is 0 Å². The Labute approximate surface area is 106 Å². The highest BCUT2D eigenvalue weighted by atomic mass is 32.2. The lowest BCUT2D eigenvalue weighted by atomic mass is 10.2. The van der Waals surface area contributed by atoms with Gasteiger partial charge in [0.15, 0.2) is 0 Å². The normalized spacial score (nSPS) is 10.1. The van der Waals surface area contributed by atoms with Crippen LogP contribution in [0.15, 0.2) is 65.6 Å². The van der Waals surface area contributed by atoms with Gasteiger partial charge in [-0.25, -0.2) is 0 Å². The van der Waals surface area contributed by atoms with Gasteiger partial charge in [-0.3, -0.25) is 9.35 Å². The van der Waals surface area contributed by atoms with Crippen LogP contribution in [0.4, 0.5) is 0 Å². The highest BCUT2D eigenvalue weighted by molar-refractivity contribution is 7.85. The Kier molecular flexibility index (Phi) is 5.23. The Morgan fingerprint density at radius 1 is 0.833 bits per heavy atom. The average Bonchev–Trinajstić information content (AvgIpc) is 2.40. The van der Waals surface area contributed by atoms with Crippen molar-refractivity contribution < 1.29 is 17.8 Å². The van der Waals surface area contributed by atoms with E-state index in [4.69, 9.17) is 4.55 Å². The first-order chi connectivity index (χ1) is 8.54. The Morgan fingerprint density at radius 3 is 1.56 bits per heavy atom. The highest BCUT2D eigenvalue weighted by Crippen LogP contribution is 2.05. The number of benzene rings is 2. The van der Waals surface area contributed by atoms with Crippen LogP contribution in [0, 0.1) is 0 Å². The van der Waals surface area contributed by atoms with Gasteiger partial charge in [-0.2, -0.15) is 8.42 Å². The summed E-state index contributed by atoms with van der Waals surface area (Å²) in [6, 6.07) is 16.5. The van der Waals surface area contributed by atoms with Crippen LogP contribution in [0.5, 0.6) is 0 Å². The maximum Gasteiger partial charge on any atom is 0.294 e. The van der Waals surface area contributed by atoms with Crippen molar-refractivity contribution in [3.05, 3.63) is 66.2 Å². The van der Waals surface area contributed by atoms with Crippen molar-refractivity contribution in [2.45, 2.75) is 4.90 Å². The van der Waals surface area contributed by atoms with E-state index in [0.717, 1.165) is 11.8 Å². The minimum absolute atomic E-state index is 0.0741. The third kappa shape index (κ3) is 4.90. The second-order valence-electron chi connectivity index (χ2n) is 3.32. The Balaban J connectivity index is 0.000000184. The summed E-state index contributed by atoms with van der Waals surface area (Å²) in [4.78, 5) is 9.93. The van der Waals surface area contributed by atoms with E-state index < -0.39 is 10.1 Å². The quantitative estimate of drug-likeness (QED) is 0.668. The average molecular weight is 264 g/mol. The predicted molar refractivity (Wildman–Crippen MR) is 68.1 cm³/mol. The SMILES string of the molecule is O=Cc1ccccc1.O=S(=O)(O)c1ccccc1. The smallest absolute Gasteiger partial charge is 0.294 e. The first-order valence-electron chi connectivity index (χ1n) is 5.07. The van der Waals surface area contributed by atoms with E-state index in [1.165, 1.54) is 12.1 Å². The molecule has 18 heavy (non-hydrogen) atoms. The van der Waals surface area contributed by atoms with E-state index in [-0.39, 0.29) is 4.90 Å². The monoisotopic (exact) mass is 264 g/mol. The molecular formula is C13H12O4S. The van der Waals surface area contributed by atoms with Crippen LogP contribution in [0.1, 0.15) is 10.4 Å². The van der Waals surface area contributed by atoms with Gasteiger partial charge in [-0.05, 0) is 12.1 Å². The number of hydrogen-bond acceptors (Lipinski definition) is 3. The van der Waals surface area contributed by atoms with Crippen molar-refractivity contribution >= 4 is 16.4 Å². The van der Waals surface area contributed by atoms with Crippen molar-refractivity contribution in [1.29, 1.82) is 0 Å². The molecule has 0 radical (unpaired) electrons. The molecule has 0 bridgehead atoms. The molecule has 4 nitrogen and oxygen atoms in total. The van der Waals surface area contributed by atoms with Gasteiger partial charge >= 0.3 is 0 Å². The summed E-state index contributed by atoms with van der Waals surface area (Å²) < 4.78 is 29.2. The van der Waals surface area contributed by atoms with Gasteiger partial charge in [0.25, 0.3) is 10.1 Å². The van der Waals surface area contributed by atoms with Gasteiger partial charge < -0.3 is 0 Å². The Morgan fingerprint density at radius 2 is 1.28 bits per heavy atom. The zero-order chi connectivity index (χ0) is 13.4. The molecule has 2 rings (SSSR count). The number of rotatable bonds is 2. The molecule has 0 spiro atoms. The lowest BCUT2D eigenvalue weighted by molar-refractivity contribution is 0.112. The molecule has 94 valence electrons. The van der Waals surface area contributed by atoms with Gasteiger partial charge in [0.1, 0.15) is 6.29 Å². The van der Waals surface area contributed by atoms with Crippen molar-refractivity contribution in [1.82, 2.24) is 0 Å². The summed E-state index contributed by atoms with van der Waals surface area (Å²) in [5, 5.41) is 0. The minimum Gasteiger partial charge on any atom is -0.298 e. The zero-order valence-corrected chi connectivity index (χ0v) is 10.2. The van der Waals surface area contributed by atoms with E-state index in [2.05, 4.69) is 0 Å². The molecule has 2 aromatic rings. The molecule has 5 heteroatoms. The summed E-state index contributed by atoms with van der Waals surface area (Å²) in [6.45, 7) is 0. The van der Waals surface area contributed by atoms with Crippen LogP contribution >= 0.6 is 0 Å². The first kappa shape index (κ1) is 14.1. The molecule has 0 aliphatic rings. The van der Waals surface area contributed by atoms with Crippen LogP contribution in [0.25, 0.3) is 0 Å². The molecule has 2 aromatic carbocycles. The molecule has 0 aliphatic carbocycles. The Hall–Kier alpha value is -1.98. The third-order valence-corrected chi connectivity index (χ3v) is 2.84. The van der Waals surface area contributed by atoms with E-state index >= 15 is 0 Å². The van der Waals surface area contributed by atoms with Gasteiger partial charge in [0, 0.05) is 5.56 Å². The van der Waals surface area contributed by atoms with E-state index in [0.29, 0.717) is 0 Å². The van der Waals surface area contributed by atoms with Gasteiger partial charge in [0.05, 0.1) is 4.90 Å². The maximum atomic E-state index is 10.4. The molecule has 0 aromatic heterocycles. The van der Waals surface area contributed by atoms with Crippen LogP contribution < -0.4 is 0 Å². The van der Waals surface area contributed by atoms with Crippen LogP contribution in [-0.2, 0) is 10.1 Å². The molecule has 0 unspecified atom stereocenters. The summed E-state index contributed by atoms with van der Waals surface area (Å²) in [7, 11) is -4.00. The van der Waals surface area contributed by atoms with E-state index in [9.17, 15) is 13.2 Å². The lowest BCUT2D eigenvalue weighted by Gasteiger charge is -1.92. The fourth-order valence-electron chi connectivity index (χ4n) is 1.12. The van der Waals surface area contributed by atoms with Crippen LogP contribution in [0.3, 0.4) is 0 Å². The molecule has 0 saturated carbocycles. The zero-order valence-electron chi connectivity index (χ0n) is 9.43. The third-order valence-electron chi connectivity index (χ3n) is 1.98. The Bertz CT molecular complexity index is 577. The van der Waals surface area contributed by atoms with Gasteiger partial charge in [-0.15, -0.1) is 0 Å². The molecule has 0 aliphatic heterocycles. The predicted octanol–water partition coefficient (Wildman–Crippen LogP) is 2.43. The topological polar surface area (TPSA) is 71.4 Å². The molecule has 0 atom stereocenters. The number of aldehydes is 1. The second kappa shape index (κ2) is 6.68. The lowest BCUT2D eigenvalue weighted by Crippen LogP contribution is -1.96. The van der Waals surface area contributed by atoms with Gasteiger partial charge in [0.2, 0.25) is 0 Å². The first-order valence-corrected chi connectivity index (χ1v) is 6.51.